The van der Waals surface area contributed by atoms with Crippen molar-refractivity contribution in [3.63, 3.8) is 0 Å². The first-order valence-corrected chi connectivity index (χ1v) is 15.2. The minimum absolute atomic E-state index is 0.241. The molecule has 0 bridgehead atoms. The molecule has 250 valence electrons. The van der Waals surface area contributed by atoms with E-state index < -0.39 is 114 Å². The molecule has 4 fully saturated rings. The predicted molar refractivity (Wildman–Crippen MR) is 148 cm³/mol. The van der Waals surface area contributed by atoms with Gasteiger partial charge in [-0.3, -0.25) is 19.2 Å². The molecule has 0 spiro atoms. The number of esters is 2. The number of halogens is 1. The molecule has 3 saturated carbocycles. The monoisotopic (exact) mass is 640 g/mol. The van der Waals surface area contributed by atoms with Crippen molar-refractivity contribution in [2.45, 2.75) is 101 Å². The summed E-state index contributed by atoms with van der Waals surface area (Å²) in [6.45, 7) is 3.32. The fourth-order valence-electron chi connectivity index (χ4n) is 8.89. The molecule has 1 heterocycles. The van der Waals surface area contributed by atoms with E-state index in [2.05, 4.69) is 0 Å². The summed E-state index contributed by atoms with van der Waals surface area (Å²) in [6, 6.07) is 0. The van der Waals surface area contributed by atoms with Crippen LogP contribution < -0.4 is 0 Å². The second kappa shape index (κ2) is 11.6. The number of aliphatic hydroxyl groups is 6. The molecule has 13 nitrogen and oxygen atoms in total. The van der Waals surface area contributed by atoms with Gasteiger partial charge < -0.3 is 44.8 Å². The number of hydrogen-bond acceptors (Lipinski definition) is 13. The average molecular weight is 641 g/mol. The summed E-state index contributed by atoms with van der Waals surface area (Å²) in [5.74, 6) is -5.33. The molecule has 0 aromatic rings. The largest absolute Gasteiger partial charge is 0.462 e. The number of allylic oxidation sites excluding steroid dienone is 4. The summed E-state index contributed by atoms with van der Waals surface area (Å²) in [5, 5.41) is 62.2. The maximum Gasteiger partial charge on any atom is 0.317 e. The molecule has 14 heteroatoms. The van der Waals surface area contributed by atoms with Crippen LogP contribution in [-0.4, -0.2) is 115 Å². The van der Waals surface area contributed by atoms with E-state index in [0.29, 0.717) is 18.4 Å². The molecule has 6 N–H and O–H groups in total. The Labute approximate surface area is 258 Å². The number of rotatable bonds is 8. The number of carbonyl (C=O) groups is 4. The van der Waals surface area contributed by atoms with Crippen molar-refractivity contribution in [2.75, 3.05) is 13.2 Å². The molecule has 0 radical (unpaired) electrons. The summed E-state index contributed by atoms with van der Waals surface area (Å²) < 4.78 is 31.9. The van der Waals surface area contributed by atoms with Crippen LogP contribution in [0.15, 0.2) is 23.8 Å². The number of aliphatic hydroxyl groups excluding tert-OH is 5. The average Bonchev–Trinajstić information content (AvgIpc) is 3.35. The Morgan fingerprint density at radius 1 is 1.09 bits per heavy atom. The van der Waals surface area contributed by atoms with Crippen LogP contribution in [0, 0.1) is 28.6 Å². The zero-order valence-electron chi connectivity index (χ0n) is 25.3. The van der Waals surface area contributed by atoms with E-state index in [0.717, 1.165) is 0 Å². The lowest BCUT2D eigenvalue weighted by atomic mass is 9.44. The van der Waals surface area contributed by atoms with E-state index in [1.54, 1.807) is 20.8 Å². The van der Waals surface area contributed by atoms with E-state index in [1.807, 2.05) is 0 Å². The molecule has 1 aliphatic heterocycles. The van der Waals surface area contributed by atoms with Gasteiger partial charge in [-0.1, -0.05) is 25.5 Å². The summed E-state index contributed by atoms with van der Waals surface area (Å²) in [4.78, 5) is 50.1. The lowest BCUT2D eigenvalue weighted by Gasteiger charge is -2.62. The van der Waals surface area contributed by atoms with Gasteiger partial charge in [-0.2, -0.15) is 0 Å². The number of Topliss-reactive ketones (excluding diaryl/α,β-unsaturated/α-hetero) is 1. The quantitative estimate of drug-likeness (QED) is 0.141. The zero-order valence-corrected chi connectivity index (χ0v) is 25.3. The highest BCUT2D eigenvalue weighted by Crippen LogP contribution is 2.70. The van der Waals surface area contributed by atoms with Crippen LogP contribution in [-0.2, 0) is 33.4 Å². The number of fused-ring (bicyclic) bond motifs is 5. The third-order valence-electron chi connectivity index (χ3n) is 11.4. The van der Waals surface area contributed by atoms with Crippen LogP contribution in [0.1, 0.15) is 52.9 Å². The van der Waals surface area contributed by atoms with Gasteiger partial charge in [0.05, 0.1) is 6.10 Å². The van der Waals surface area contributed by atoms with Gasteiger partial charge in [0, 0.05) is 16.7 Å². The van der Waals surface area contributed by atoms with Gasteiger partial charge in [0.1, 0.15) is 43.0 Å². The Balaban J connectivity index is 1.21. The smallest absolute Gasteiger partial charge is 0.317 e. The van der Waals surface area contributed by atoms with Gasteiger partial charge in [-0.05, 0) is 56.6 Å². The van der Waals surface area contributed by atoms with Gasteiger partial charge >= 0.3 is 11.9 Å². The van der Waals surface area contributed by atoms with E-state index in [4.69, 9.17) is 14.2 Å². The van der Waals surface area contributed by atoms with Crippen molar-refractivity contribution < 1.29 is 68.4 Å². The van der Waals surface area contributed by atoms with E-state index in [1.165, 1.54) is 18.2 Å². The normalized spacial score (nSPS) is 46.0. The number of alkyl halides is 1. The topological polar surface area (TPSA) is 217 Å². The highest BCUT2D eigenvalue weighted by Gasteiger charge is 2.75. The SMILES string of the molecule is C[C@@H]1C[C@H]2[C@@H]3CCC4=CC(=O)C=C[C@]4(C)[C@@]3(F)[C@@H](O)C[C@]2(C)[C@@]1(O)C(=O)COC(=O)CC(=O)OCC(O)[C@H]1O[C@H](O)[C@H](O)[C@H]1O. The van der Waals surface area contributed by atoms with Gasteiger partial charge in [0.25, 0.3) is 0 Å². The fourth-order valence-corrected chi connectivity index (χ4v) is 8.89. The predicted octanol–water partition coefficient (Wildman–Crippen LogP) is -0.820. The Kier molecular flexibility index (Phi) is 8.69. The molecule has 1 saturated heterocycles. The van der Waals surface area contributed by atoms with Gasteiger partial charge in [-0.15, -0.1) is 0 Å². The van der Waals surface area contributed by atoms with Crippen molar-refractivity contribution in [1.29, 1.82) is 0 Å². The Morgan fingerprint density at radius 2 is 1.76 bits per heavy atom. The summed E-state index contributed by atoms with van der Waals surface area (Å²) in [5.41, 5.74) is -6.13. The van der Waals surface area contributed by atoms with Crippen molar-refractivity contribution in [3.8, 4) is 0 Å². The van der Waals surface area contributed by atoms with Gasteiger partial charge in [-0.25, -0.2) is 4.39 Å². The second-order valence-electron chi connectivity index (χ2n) is 13.7. The second-order valence-corrected chi connectivity index (χ2v) is 13.7. The third-order valence-corrected chi connectivity index (χ3v) is 11.4. The molecule has 0 aromatic carbocycles. The molecule has 13 atom stereocenters. The first-order chi connectivity index (χ1) is 20.9. The molecule has 0 amide bonds. The van der Waals surface area contributed by atoms with Crippen LogP contribution in [0.4, 0.5) is 4.39 Å². The summed E-state index contributed by atoms with van der Waals surface area (Å²) >= 11 is 0. The summed E-state index contributed by atoms with van der Waals surface area (Å²) in [7, 11) is 0. The van der Waals surface area contributed by atoms with Gasteiger partial charge in [0.2, 0.25) is 5.78 Å². The van der Waals surface area contributed by atoms with Crippen LogP contribution >= 0.6 is 0 Å². The van der Waals surface area contributed by atoms with Crippen molar-refractivity contribution >= 4 is 23.5 Å². The molecular formula is C31H41FO13. The van der Waals surface area contributed by atoms with Crippen molar-refractivity contribution in [3.05, 3.63) is 23.8 Å². The fraction of sp³-hybridized carbons (Fsp3) is 0.742. The molecule has 1 unspecified atom stereocenters. The number of ether oxygens (including phenoxy) is 3. The van der Waals surface area contributed by atoms with E-state index in [-0.39, 0.29) is 18.6 Å². The highest BCUT2D eigenvalue weighted by molar-refractivity contribution is 6.01. The van der Waals surface area contributed by atoms with E-state index >= 15 is 4.39 Å². The minimum Gasteiger partial charge on any atom is -0.462 e. The Hall–Kier alpha value is -2.59. The first kappa shape index (κ1) is 33.8. The molecule has 45 heavy (non-hydrogen) atoms. The lowest BCUT2D eigenvalue weighted by Crippen LogP contribution is -2.69. The van der Waals surface area contributed by atoms with Crippen LogP contribution in [0.25, 0.3) is 0 Å². The Bertz CT molecular complexity index is 1320. The van der Waals surface area contributed by atoms with Crippen molar-refractivity contribution in [1.82, 2.24) is 0 Å². The molecule has 5 rings (SSSR count). The van der Waals surface area contributed by atoms with Crippen LogP contribution in [0.3, 0.4) is 0 Å². The molecule has 4 aliphatic carbocycles. The standard InChI is InChI=1S/C31H41FO13/c1-14-8-18-17-5-4-15-9-16(33)6-7-28(15,2)30(17,32)20(35)11-29(18,3)31(14,42)21(36)13-44-23(38)10-22(37)43-12-19(34)26-24(39)25(40)27(41)45-26/h6-7,9,14,17-20,24-27,34-35,39-42H,4-5,8,10-13H2,1-3H3/t14-,17+,18+,19?,20+,24-,25-,26-,27+,28+,29+,30+,31+/m1/s1. The highest BCUT2D eigenvalue weighted by atomic mass is 19.1. The molecule has 5 aliphatic rings. The summed E-state index contributed by atoms with van der Waals surface area (Å²) in [6.07, 6.45) is -5.68. The minimum atomic E-state index is -2.14. The zero-order chi connectivity index (χ0) is 33.3. The first-order valence-electron chi connectivity index (χ1n) is 15.2. The third kappa shape index (κ3) is 5.00. The number of carbonyl (C=O) groups excluding carboxylic acids is 4. The molecule has 0 aromatic heterocycles. The van der Waals surface area contributed by atoms with E-state index in [9.17, 15) is 49.8 Å². The Morgan fingerprint density at radius 3 is 2.40 bits per heavy atom. The van der Waals surface area contributed by atoms with Crippen LogP contribution in [0.2, 0.25) is 0 Å². The van der Waals surface area contributed by atoms with Gasteiger partial charge in [0.15, 0.2) is 24.3 Å². The molecular weight excluding hydrogens is 599 g/mol. The lowest BCUT2D eigenvalue weighted by molar-refractivity contribution is -0.220. The maximum atomic E-state index is 17.3. The van der Waals surface area contributed by atoms with Crippen LogP contribution in [0.5, 0.6) is 0 Å². The number of ketones is 2. The maximum absolute atomic E-state index is 17.3. The van der Waals surface area contributed by atoms with Crippen molar-refractivity contribution in [2.24, 2.45) is 28.6 Å². The number of hydrogen-bond donors (Lipinski definition) is 6.